The Labute approximate surface area is 93.0 Å². The van der Waals surface area contributed by atoms with Crippen LogP contribution in [0, 0.1) is 5.41 Å². The molecule has 2 rings (SSSR count). The molecular formula is C10H15NO3S. The summed E-state index contributed by atoms with van der Waals surface area (Å²) in [6, 6.07) is 0. The van der Waals surface area contributed by atoms with Crippen molar-refractivity contribution in [2.24, 2.45) is 5.41 Å². The maximum Gasteiger partial charge on any atom is 0.239 e. The van der Waals surface area contributed by atoms with Crippen LogP contribution in [0.25, 0.3) is 0 Å². The van der Waals surface area contributed by atoms with Crippen molar-refractivity contribution < 1.29 is 14.7 Å². The number of aliphatic hydroxyl groups is 1. The summed E-state index contributed by atoms with van der Waals surface area (Å²) in [5.41, 5.74) is 0.0437. The van der Waals surface area contributed by atoms with Gasteiger partial charge in [-0.15, -0.1) is 11.8 Å². The standard InChI is InChI=1S/C10H15NO3S/c12-4-3-10(1-2-10)7-11-8(13)5-15-6-9(11)14/h12H,1-7H2. The Morgan fingerprint density at radius 1 is 1.27 bits per heavy atom. The molecule has 0 unspecified atom stereocenters. The fourth-order valence-corrected chi connectivity index (χ4v) is 2.70. The summed E-state index contributed by atoms with van der Waals surface area (Å²) in [5.74, 6) is 0.697. The van der Waals surface area contributed by atoms with E-state index in [1.807, 2.05) is 0 Å². The second-order valence-corrected chi connectivity index (χ2v) is 5.33. The number of carbonyl (C=O) groups is 2. The largest absolute Gasteiger partial charge is 0.396 e. The highest BCUT2D eigenvalue weighted by Gasteiger charge is 2.45. The van der Waals surface area contributed by atoms with Crippen molar-refractivity contribution >= 4 is 23.6 Å². The number of amides is 2. The van der Waals surface area contributed by atoms with E-state index in [4.69, 9.17) is 5.11 Å². The van der Waals surface area contributed by atoms with E-state index in [9.17, 15) is 9.59 Å². The van der Waals surface area contributed by atoms with Crippen molar-refractivity contribution in [1.82, 2.24) is 4.90 Å². The van der Waals surface area contributed by atoms with Crippen LogP contribution in [0.3, 0.4) is 0 Å². The number of carbonyl (C=O) groups excluding carboxylic acids is 2. The summed E-state index contributed by atoms with van der Waals surface area (Å²) in [7, 11) is 0. The van der Waals surface area contributed by atoms with Gasteiger partial charge >= 0.3 is 0 Å². The number of hydrogen-bond donors (Lipinski definition) is 1. The second-order valence-electron chi connectivity index (χ2n) is 4.34. The monoisotopic (exact) mass is 229 g/mol. The molecule has 84 valence electrons. The molecule has 0 bridgehead atoms. The van der Waals surface area contributed by atoms with Gasteiger partial charge in [0.2, 0.25) is 11.8 Å². The SMILES string of the molecule is O=C1CSCC(=O)N1CC1(CCO)CC1. The zero-order valence-electron chi connectivity index (χ0n) is 8.57. The van der Waals surface area contributed by atoms with Gasteiger partial charge in [0.15, 0.2) is 0 Å². The molecule has 1 saturated heterocycles. The Hall–Kier alpha value is -0.550. The summed E-state index contributed by atoms with van der Waals surface area (Å²) in [5, 5.41) is 8.91. The lowest BCUT2D eigenvalue weighted by Gasteiger charge is -2.28. The predicted molar refractivity (Wildman–Crippen MR) is 57.4 cm³/mol. The fraction of sp³-hybridized carbons (Fsp3) is 0.800. The van der Waals surface area contributed by atoms with E-state index in [1.165, 1.54) is 16.7 Å². The predicted octanol–water partition coefficient (Wildman–Crippen LogP) is 0.251. The normalized spacial score (nSPS) is 24.5. The van der Waals surface area contributed by atoms with E-state index in [1.54, 1.807) is 0 Å². The third kappa shape index (κ3) is 2.34. The molecule has 0 aromatic rings. The van der Waals surface area contributed by atoms with E-state index in [0.717, 1.165) is 12.8 Å². The van der Waals surface area contributed by atoms with Gasteiger partial charge in [0.25, 0.3) is 0 Å². The van der Waals surface area contributed by atoms with E-state index >= 15 is 0 Å². The van der Waals surface area contributed by atoms with Gasteiger partial charge < -0.3 is 5.11 Å². The quantitative estimate of drug-likeness (QED) is 0.702. The fourth-order valence-electron chi connectivity index (χ4n) is 1.93. The number of aliphatic hydroxyl groups excluding tert-OH is 1. The van der Waals surface area contributed by atoms with Crippen molar-refractivity contribution in [2.45, 2.75) is 19.3 Å². The van der Waals surface area contributed by atoms with Gasteiger partial charge in [0, 0.05) is 13.2 Å². The van der Waals surface area contributed by atoms with E-state index < -0.39 is 0 Å². The van der Waals surface area contributed by atoms with Gasteiger partial charge in [-0.2, -0.15) is 0 Å². The smallest absolute Gasteiger partial charge is 0.239 e. The summed E-state index contributed by atoms with van der Waals surface area (Å²) >= 11 is 1.38. The van der Waals surface area contributed by atoms with Crippen molar-refractivity contribution in [1.29, 1.82) is 0 Å². The van der Waals surface area contributed by atoms with Gasteiger partial charge in [0.05, 0.1) is 11.5 Å². The molecule has 2 aliphatic rings. The average Bonchev–Trinajstić information content (AvgIpc) is 2.93. The first-order valence-electron chi connectivity index (χ1n) is 5.19. The molecular weight excluding hydrogens is 214 g/mol. The molecule has 0 radical (unpaired) electrons. The molecule has 4 nitrogen and oxygen atoms in total. The molecule has 5 heteroatoms. The van der Waals surface area contributed by atoms with Crippen LogP contribution >= 0.6 is 11.8 Å². The Morgan fingerprint density at radius 2 is 1.87 bits per heavy atom. The minimum atomic E-state index is -0.0690. The van der Waals surface area contributed by atoms with Crippen molar-refractivity contribution in [2.75, 3.05) is 24.7 Å². The van der Waals surface area contributed by atoms with Crippen molar-refractivity contribution in [3.05, 3.63) is 0 Å². The Kier molecular flexibility index (Phi) is 3.02. The average molecular weight is 229 g/mol. The van der Waals surface area contributed by atoms with Crippen LogP contribution in [-0.4, -0.2) is 46.5 Å². The van der Waals surface area contributed by atoms with Crippen LogP contribution in [0.2, 0.25) is 0 Å². The summed E-state index contributed by atoms with van der Waals surface area (Å²) in [6.07, 6.45) is 2.76. The van der Waals surface area contributed by atoms with Crippen LogP contribution in [0.5, 0.6) is 0 Å². The maximum absolute atomic E-state index is 11.5. The van der Waals surface area contributed by atoms with Crippen LogP contribution in [0.15, 0.2) is 0 Å². The van der Waals surface area contributed by atoms with Crippen molar-refractivity contribution in [3.63, 3.8) is 0 Å². The topological polar surface area (TPSA) is 57.6 Å². The molecule has 0 aromatic heterocycles. The van der Waals surface area contributed by atoms with Crippen LogP contribution in [-0.2, 0) is 9.59 Å². The number of thioether (sulfide) groups is 1. The molecule has 0 aromatic carbocycles. The first-order valence-corrected chi connectivity index (χ1v) is 6.34. The molecule has 15 heavy (non-hydrogen) atoms. The third-order valence-corrected chi connectivity index (χ3v) is 4.05. The van der Waals surface area contributed by atoms with E-state index in [2.05, 4.69) is 0 Å². The van der Waals surface area contributed by atoms with Crippen LogP contribution in [0.1, 0.15) is 19.3 Å². The molecule has 1 N–H and O–H groups in total. The highest BCUT2D eigenvalue weighted by Crippen LogP contribution is 2.49. The lowest BCUT2D eigenvalue weighted by molar-refractivity contribution is -0.143. The number of imide groups is 1. The summed E-state index contributed by atoms with van der Waals surface area (Å²) in [4.78, 5) is 24.5. The highest BCUT2D eigenvalue weighted by atomic mass is 32.2. The summed E-state index contributed by atoms with van der Waals surface area (Å²) < 4.78 is 0. The first-order chi connectivity index (χ1) is 7.17. The minimum absolute atomic E-state index is 0.0437. The van der Waals surface area contributed by atoms with Crippen LogP contribution in [0.4, 0.5) is 0 Å². The molecule has 1 aliphatic carbocycles. The van der Waals surface area contributed by atoms with E-state index in [-0.39, 0.29) is 23.8 Å². The molecule has 2 fully saturated rings. The molecule has 1 heterocycles. The number of rotatable bonds is 4. The first kappa shape index (κ1) is 11.0. The third-order valence-electron chi connectivity index (χ3n) is 3.15. The van der Waals surface area contributed by atoms with Gasteiger partial charge in [-0.3, -0.25) is 14.5 Å². The lowest BCUT2D eigenvalue weighted by atomic mass is 10.0. The minimum Gasteiger partial charge on any atom is -0.396 e. The Balaban J connectivity index is 1.97. The lowest BCUT2D eigenvalue weighted by Crippen LogP contribution is -2.46. The zero-order valence-corrected chi connectivity index (χ0v) is 9.39. The Morgan fingerprint density at radius 3 is 2.33 bits per heavy atom. The molecule has 0 spiro atoms. The molecule has 0 atom stereocenters. The second kappa shape index (κ2) is 4.14. The summed E-state index contributed by atoms with van der Waals surface area (Å²) in [6.45, 7) is 0.663. The van der Waals surface area contributed by atoms with E-state index in [0.29, 0.717) is 24.5 Å². The van der Waals surface area contributed by atoms with Crippen molar-refractivity contribution in [3.8, 4) is 0 Å². The number of nitrogens with zero attached hydrogens (tertiary/aromatic N) is 1. The van der Waals surface area contributed by atoms with Gasteiger partial charge in [-0.05, 0) is 24.7 Å². The van der Waals surface area contributed by atoms with Gasteiger partial charge in [0.1, 0.15) is 0 Å². The molecule has 1 saturated carbocycles. The van der Waals surface area contributed by atoms with Crippen LogP contribution < -0.4 is 0 Å². The Bertz CT molecular complexity index is 272. The molecule has 2 amide bonds. The van der Waals surface area contributed by atoms with Gasteiger partial charge in [-0.25, -0.2) is 0 Å². The highest BCUT2D eigenvalue weighted by molar-refractivity contribution is 8.00. The molecule has 1 aliphatic heterocycles. The number of hydrogen-bond acceptors (Lipinski definition) is 4. The maximum atomic E-state index is 11.5. The van der Waals surface area contributed by atoms with Gasteiger partial charge in [-0.1, -0.05) is 0 Å². The zero-order chi connectivity index (χ0) is 10.9.